The second kappa shape index (κ2) is 20.3. The predicted octanol–water partition coefficient (Wildman–Crippen LogP) is 2.50. The smallest absolute Gasteiger partial charge is 0.544 e. The SMILES string of the molecule is CCCCC/C=C(\Cl)C(=O)[O-].CCCCC/C=C(\Cl)C(=O)[O-].[Ca+2]. The average Bonchev–Trinajstić information content (AvgIpc) is 2.48. The van der Waals surface area contributed by atoms with Crippen LogP contribution in [0.5, 0.6) is 0 Å². The van der Waals surface area contributed by atoms with E-state index in [-0.39, 0.29) is 47.8 Å². The van der Waals surface area contributed by atoms with Gasteiger partial charge in [-0.1, -0.05) is 74.9 Å². The van der Waals surface area contributed by atoms with E-state index in [1.165, 1.54) is 12.2 Å². The van der Waals surface area contributed by atoms with Crippen molar-refractivity contribution in [1.29, 1.82) is 0 Å². The van der Waals surface area contributed by atoms with E-state index in [0.29, 0.717) is 0 Å². The van der Waals surface area contributed by atoms with Gasteiger partial charge in [0.1, 0.15) is 0 Å². The van der Waals surface area contributed by atoms with E-state index in [1.807, 2.05) is 0 Å². The zero-order valence-corrected chi connectivity index (χ0v) is 17.6. The molecule has 23 heavy (non-hydrogen) atoms. The molecule has 0 aromatic carbocycles. The molecule has 0 rings (SSSR count). The molecule has 0 fully saturated rings. The maximum absolute atomic E-state index is 10.1. The summed E-state index contributed by atoms with van der Waals surface area (Å²) in [5, 5.41) is 19.7. The number of carboxylic acids is 2. The van der Waals surface area contributed by atoms with E-state index >= 15 is 0 Å². The molecule has 0 N–H and O–H groups in total. The van der Waals surface area contributed by atoms with E-state index in [0.717, 1.165) is 51.4 Å². The molecule has 0 aliphatic heterocycles. The fraction of sp³-hybridized carbons (Fsp3) is 0.625. The Balaban J connectivity index is -0.000000333. The van der Waals surface area contributed by atoms with Crippen LogP contribution in [0.4, 0.5) is 0 Å². The molecule has 0 aliphatic carbocycles. The van der Waals surface area contributed by atoms with Crippen LogP contribution in [-0.4, -0.2) is 49.7 Å². The second-order valence-corrected chi connectivity index (χ2v) is 5.49. The maximum atomic E-state index is 10.1. The Hall–Kier alpha value is 0.260. The molecule has 0 unspecified atom stereocenters. The van der Waals surface area contributed by atoms with Crippen molar-refractivity contribution in [2.45, 2.75) is 65.2 Å². The van der Waals surface area contributed by atoms with E-state index in [4.69, 9.17) is 23.2 Å². The van der Waals surface area contributed by atoms with Crippen LogP contribution in [0, 0.1) is 0 Å². The molecule has 7 heteroatoms. The van der Waals surface area contributed by atoms with Crippen molar-refractivity contribution >= 4 is 72.9 Å². The minimum absolute atomic E-state index is 0. The molecule has 0 saturated carbocycles. The summed E-state index contributed by atoms with van der Waals surface area (Å²) < 4.78 is 0. The van der Waals surface area contributed by atoms with Crippen molar-refractivity contribution in [1.82, 2.24) is 0 Å². The normalized spacial score (nSPS) is 11.1. The third-order valence-electron chi connectivity index (χ3n) is 2.65. The summed E-state index contributed by atoms with van der Waals surface area (Å²) in [4.78, 5) is 20.1. The standard InChI is InChI=1S/2C8H13ClO2.Ca/c2*1-2-3-4-5-6-7(9)8(10)11;/h2*6H,2-5H2,1H3,(H,10,11);/q;;+2/p-2/b2*7-6-;. The van der Waals surface area contributed by atoms with Gasteiger partial charge in [-0.25, -0.2) is 0 Å². The zero-order valence-electron chi connectivity index (χ0n) is 13.9. The summed E-state index contributed by atoms with van der Waals surface area (Å²) in [6.07, 6.45) is 10.9. The van der Waals surface area contributed by atoms with Crippen molar-refractivity contribution < 1.29 is 19.8 Å². The summed E-state index contributed by atoms with van der Waals surface area (Å²) in [6.45, 7) is 4.17. The van der Waals surface area contributed by atoms with Gasteiger partial charge in [-0.05, 0) is 25.7 Å². The van der Waals surface area contributed by atoms with Crippen molar-refractivity contribution in [2.24, 2.45) is 0 Å². The van der Waals surface area contributed by atoms with Crippen LogP contribution in [0.25, 0.3) is 0 Å². The third-order valence-corrected chi connectivity index (χ3v) is 3.27. The average molecular weight is 391 g/mol. The number of rotatable bonds is 10. The van der Waals surface area contributed by atoms with Crippen LogP contribution in [-0.2, 0) is 9.59 Å². The van der Waals surface area contributed by atoms with E-state index in [9.17, 15) is 19.8 Å². The van der Waals surface area contributed by atoms with Gasteiger partial charge in [-0.15, -0.1) is 0 Å². The van der Waals surface area contributed by atoms with Gasteiger partial charge in [-0.3, -0.25) is 0 Å². The molecule has 0 atom stereocenters. The van der Waals surface area contributed by atoms with Gasteiger partial charge in [0.15, 0.2) is 0 Å². The Morgan fingerprint density at radius 3 is 1.30 bits per heavy atom. The Morgan fingerprint density at radius 2 is 1.09 bits per heavy atom. The van der Waals surface area contributed by atoms with Crippen LogP contribution in [0.15, 0.2) is 22.2 Å². The molecule has 0 bridgehead atoms. The van der Waals surface area contributed by atoms with Crippen molar-refractivity contribution in [3.8, 4) is 0 Å². The molecule has 0 saturated heterocycles. The number of carboxylic acid groups (broad SMARTS) is 2. The van der Waals surface area contributed by atoms with Gasteiger partial charge in [-0.2, -0.15) is 0 Å². The van der Waals surface area contributed by atoms with Gasteiger partial charge in [0.2, 0.25) is 0 Å². The summed E-state index contributed by atoms with van der Waals surface area (Å²) in [6, 6.07) is 0. The molecule has 0 aliphatic rings. The van der Waals surface area contributed by atoms with Gasteiger partial charge in [0.05, 0.1) is 22.0 Å². The zero-order chi connectivity index (χ0) is 17.4. The molecule has 0 amide bonds. The first kappa shape index (κ1) is 28.1. The van der Waals surface area contributed by atoms with Gasteiger partial charge < -0.3 is 19.8 Å². The first-order valence-electron chi connectivity index (χ1n) is 7.50. The summed E-state index contributed by atoms with van der Waals surface area (Å²) in [5.41, 5.74) is 0. The van der Waals surface area contributed by atoms with Crippen molar-refractivity contribution in [3.05, 3.63) is 22.2 Å². The summed E-state index contributed by atoms with van der Waals surface area (Å²) in [5.74, 6) is -2.58. The number of carbonyl (C=O) groups excluding carboxylic acids is 2. The van der Waals surface area contributed by atoms with E-state index in [2.05, 4.69) is 13.8 Å². The van der Waals surface area contributed by atoms with Gasteiger partial charge >= 0.3 is 37.7 Å². The monoisotopic (exact) mass is 390 g/mol. The van der Waals surface area contributed by atoms with Crippen LogP contribution < -0.4 is 10.2 Å². The van der Waals surface area contributed by atoms with Gasteiger partial charge in [0, 0.05) is 0 Å². The number of allylic oxidation sites excluding steroid dienone is 2. The second-order valence-electron chi connectivity index (χ2n) is 4.67. The predicted molar refractivity (Wildman–Crippen MR) is 91.9 cm³/mol. The molecular weight excluding hydrogens is 367 g/mol. The summed E-state index contributed by atoms with van der Waals surface area (Å²) in [7, 11) is 0. The van der Waals surface area contributed by atoms with Crippen LogP contribution in [0.1, 0.15) is 65.2 Å². The first-order valence-corrected chi connectivity index (χ1v) is 8.26. The molecule has 4 nitrogen and oxygen atoms in total. The maximum Gasteiger partial charge on any atom is 2.00 e. The topological polar surface area (TPSA) is 80.3 Å². The fourth-order valence-corrected chi connectivity index (χ4v) is 1.63. The Morgan fingerprint density at radius 1 is 0.783 bits per heavy atom. The third kappa shape index (κ3) is 22.3. The van der Waals surface area contributed by atoms with Crippen LogP contribution in [0.3, 0.4) is 0 Å². The molecule has 0 radical (unpaired) electrons. The van der Waals surface area contributed by atoms with Crippen molar-refractivity contribution in [2.75, 3.05) is 0 Å². The minimum Gasteiger partial charge on any atom is -0.544 e. The Kier molecular flexibility index (Phi) is 24.8. The Bertz CT molecular complexity index is 346. The summed E-state index contributed by atoms with van der Waals surface area (Å²) >= 11 is 10.6. The Labute approximate surface area is 178 Å². The molecule has 128 valence electrons. The minimum atomic E-state index is -1.29. The number of hydrogen-bond donors (Lipinski definition) is 0. The van der Waals surface area contributed by atoms with Crippen LogP contribution >= 0.6 is 23.2 Å². The van der Waals surface area contributed by atoms with Crippen LogP contribution in [0.2, 0.25) is 0 Å². The number of hydrogen-bond acceptors (Lipinski definition) is 4. The fourth-order valence-electron chi connectivity index (χ4n) is 1.41. The molecule has 0 spiro atoms. The van der Waals surface area contributed by atoms with E-state index < -0.39 is 11.9 Å². The molecule has 0 aromatic rings. The number of carbonyl (C=O) groups is 2. The van der Waals surface area contributed by atoms with Gasteiger partial charge in [0.25, 0.3) is 0 Å². The largest absolute Gasteiger partial charge is 2.00 e. The van der Waals surface area contributed by atoms with E-state index in [1.54, 1.807) is 0 Å². The molecule has 0 aromatic heterocycles. The molecular formula is C16H24CaCl2O4. The van der Waals surface area contributed by atoms with Crippen molar-refractivity contribution in [3.63, 3.8) is 0 Å². The number of aliphatic carboxylic acids is 2. The quantitative estimate of drug-likeness (QED) is 0.326. The number of halogens is 2. The molecule has 0 heterocycles. The number of unbranched alkanes of at least 4 members (excludes halogenated alkanes) is 6. The first-order chi connectivity index (χ1) is 10.4.